The molecule has 12 bridgehead atoms. The van der Waals surface area contributed by atoms with E-state index >= 15 is 0 Å². The summed E-state index contributed by atoms with van der Waals surface area (Å²) in [5.41, 5.74) is 1.06. The lowest BCUT2D eigenvalue weighted by Crippen LogP contribution is -2.60. The molecule has 0 radical (unpaired) electrons. The summed E-state index contributed by atoms with van der Waals surface area (Å²) in [6.07, 6.45) is 21.6. The maximum Gasteiger partial charge on any atom is 0.251 e. The van der Waals surface area contributed by atoms with Crippen LogP contribution in [-0.4, -0.2) is 34.3 Å². The number of benzene rings is 1. The molecule has 240 valence electrons. The van der Waals surface area contributed by atoms with Crippen molar-refractivity contribution in [1.29, 1.82) is 0 Å². The Labute approximate surface area is 268 Å². The molecule has 0 atom stereocenters. The topological polar surface area (TPSA) is 87.3 Å². The quantitative estimate of drug-likeness (QED) is 0.332. The molecule has 12 fully saturated rings. The molecule has 6 heteroatoms. The summed E-state index contributed by atoms with van der Waals surface area (Å²) in [4.78, 5) is 42.4. The van der Waals surface area contributed by atoms with E-state index in [4.69, 9.17) is 0 Å². The number of amides is 3. The van der Waals surface area contributed by atoms with E-state index in [0.717, 1.165) is 111 Å². The van der Waals surface area contributed by atoms with Gasteiger partial charge in [0.05, 0.1) is 0 Å². The van der Waals surface area contributed by atoms with Gasteiger partial charge in [-0.1, -0.05) is 0 Å². The second-order valence-electron chi connectivity index (χ2n) is 18.8. The van der Waals surface area contributed by atoms with Crippen molar-refractivity contribution in [2.24, 2.45) is 53.3 Å². The Bertz CT molecular complexity index is 1170. The van der Waals surface area contributed by atoms with Crippen molar-refractivity contribution in [3.8, 4) is 0 Å². The van der Waals surface area contributed by atoms with Gasteiger partial charge in [-0.05, 0) is 187 Å². The average molecular weight is 610 g/mol. The van der Waals surface area contributed by atoms with Gasteiger partial charge in [0.15, 0.2) is 0 Å². The van der Waals surface area contributed by atoms with E-state index < -0.39 is 0 Å². The first-order valence-corrected chi connectivity index (χ1v) is 18.8. The Kier molecular flexibility index (Phi) is 5.91. The molecule has 0 aromatic heterocycles. The van der Waals surface area contributed by atoms with Crippen LogP contribution in [0.15, 0.2) is 18.2 Å². The molecule has 1 aromatic rings. The largest absolute Gasteiger partial charge is 0.347 e. The lowest BCUT2D eigenvalue weighted by molar-refractivity contribution is -0.0169. The number of hydrogen-bond acceptors (Lipinski definition) is 3. The zero-order valence-corrected chi connectivity index (χ0v) is 26.9. The van der Waals surface area contributed by atoms with Crippen molar-refractivity contribution in [2.45, 2.75) is 132 Å². The molecule has 0 aliphatic heterocycles. The van der Waals surface area contributed by atoms with Crippen LogP contribution in [-0.2, 0) is 0 Å². The van der Waals surface area contributed by atoms with Crippen LogP contribution in [0.25, 0.3) is 0 Å². The monoisotopic (exact) mass is 609 g/mol. The van der Waals surface area contributed by atoms with Gasteiger partial charge in [-0.15, -0.1) is 0 Å². The van der Waals surface area contributed by atoms with Gasteiger partial charge >= 0.3 is 0 Å². The number of nitrogens with one attached hydrogen (secondary N) is 3. The minimum absolute atomic E-state index is 0.106. The lowest BCUT2D eigenvalue weighted by Gasteiger charge is -2.57. The fraction of sp³-hybridized carbons (Fsp3) is 0.769. The average Bonchev–Trinajstić information content (AvgIpc) is 2.94. The Morgan fingerprint density at radius 1 is 0.378 bits per heavy atom. The van der Waals surface area contributed by atoms with Gasteiger partial charge in [0.1, 0.15) is 0 Å². The molecule has 3 amide bonds. The predicted octanol–water partition coefficient (Wildman–Crippen LogP) is 6.78. The van der Waals surface area contributed by atoms with E-state index in [0.29, 0.717) is 16.7 Å². The first-order chi connectivity index (χ1) is 21.7. The van der Waals surface area contributed by atoms with Gasteiger partial charge in [-0.3, -0.25) is 14.4 Å². The van der Waals surface area contributed by atoms with Crippen LogP contribution in [0.4, 0.5) is 0 Å². The first-order valence-electron chi connectivity index (χ1n) is 18.8. The molecule has 12 aliphatic carbocycles. The highest BCUT2D eigenvalue weighted by atomic mass is 16.2. The Hall–Kier alpha value is -2.37. The van der Waals surface area contributed by atoms with E-state index in [-0.39, 0.29) is 34.3 Å². The fourth-order valence-corrected chi connectivity index (χ4v) is 14.8. The Balaban J connectivity index is 0.949. The van der Waals surface area contributed by atoms with E-state index in [9.17, 15) is 14.4 Å². The van der Waals surface area contributed by atoms with Gasteiger partial charge in [0.2, 0.25) is 0 Å². The SMILES string of the molecule is O=C(NC12CC3CC(CC(C3)C1)C2)c1cc(C(=O)NC23CC4CC(CC(C4)C2)C3)cc(C(=O)NC23CC4CC(CC(C4)C2)C3)c1. The van der Waals surface area contributed by atoms with Gasteiger partial charge < -0.3 is 16.0 Å². The van der Waals surface area contributed by atoms with E-state index in [1.54, 1.807) is 18.2 Å². The number of carbonyl (C=O) groups excluding carboxylic acids is 3. The van der Waals surface area contributed by atoms with Crippen LogP contribution in [0.3, 0.4) is 0 Å². The number of hydrogen-bond donors (Lipinski definition) is 3. The van der Waals surface area contributed by atoms with E-state index in [1.165, 1.54) is 57.8 Å². The highest BCUT2D eigenvalue weighted by Gasteiger charge is 2.54. The van der Waals surface area contributed by atoms with Crippen LogP contribution in [0.2, 0.25) is 0 Å². The van der Waals surface area contributed by atoms with Crippen molar-refractivity contribution >= 4 is 17.7 Å². The lowest BCUT2D eigenvalue weighted by atomic mass is 9.53. The number of carbonyl (C=O) groups is 3. The molecule has 13 rings (SSSR count). The minimum Gasteiger partial charge on any atom is -0.347 e. The Morgan fingerprint density at radius 2 is 0.556 bits per heavy atom. The molecule has 45 heavy (non-hydrogen) atoms. The molecule has 3 N–H and O–H groups in total. The zero-order chi connectivity index (χ0) is 30.1. The molecule has 6 nitrogen and oxygen atoms in total. The molecular weight excluding hydrogens is 558 g/mol. The maximum atomic E-state index is 14.1. The third-order valence-corrected chi connectivity index (χ3v) is 15.0. The standard InChI is InChI=1S/C39H51N3O3/c43-34(40-37-13-22-1-23(14-37)3-24(2-22)15-37)31-10-32(35(44)41-38-16-25-4-26(17-38)6-27(5-25)18-38)12-33(11-31)36(45)42-39-19-28-7-29(20-39)9-30(8-28)21-39/h10-12,22-30H,1-9,13-21H2,(H,40,43)(H,41,44)(H,42,45). The third-order valence-electron chi connectivity index (χ3n) is 15.0. The first kappa shape index (κ1) is 27.7. The van der Waals surface area contributed by atoms with Crippen molar-refractivity contribution in [3.05, 3.63) is 34.9 Å². The van der Waals surface area contributed by atoms with Gasteiger partial charge in [0.25, 0.3) is 17.7 Å². The van der Waals surface area contributed by atoms with Crippen LogP contribution < -0.4 is 16.0 Å². The second kappa shape index (κ2) is 9.60. The molecule has 0 heterocycles. The van der Waals surface area contributed by atoms with Crippen molar-refractivity contribution < 1.29 is 14.4 Å². The van der Waals surface area contributed by atoms with Crippen LogP contribution in [0.1, 0.15) is 147 Å². The summed E-state index contributed by atoms with van der Waals surface area (Å²) in [6.45, 7) is 0. The third kappa shape index (κ3) is 4.73. The Morgan fingerprint density at radius 3 is 0.733 bits per heavy atom. The summed E-state index contributed by atoms with van der Waals surface area (Å²) >= 11 is 0. The molecular formula is C39H51N3O3. The summed E-state index contributed by atoms with van der Waals surface area (Å²) < 4.78 is 0. The maximum absolute atomic E-state index is 14.1. The summed E-state index contributed by atoms with van der Waals surface area (Å²) in [6, 6.07) is 5.35. The molecule has 12 saturated carbocycles. The minimum atomic E-state index is -0.120. The fourth-order valence-electron chi connectivity index (χ4n) is 14.8. The van der Waals surface area contributed by atoms with Gasteiger partial charge in [-0.25, -0.2) is 0 Å². The normalized spacial score (nSPS) is 47.6. The van der Waals surface area contributed by atoms with Crippen molar-refractivity contribution in [2.75, 3.05) is 0 Å². The smallest absolute Gasteiger partial charge is 0.251 e. The van der Waals surface area contributed by atoms with Gasteiger partial charge in [0, 0.05) is 33.3 Å². The second-order valence-corrected chi connectivity index (χ2v) is 18.8. The van der Waals surface area contributed by atoms with Crippen molar-refractivity contribution in [1.82, 2.24) is 16.0 Å². The van der Waals surface area contributed by atoms with E-state index in [1.807, 2.05) is 0 Å². The molecule has 0 unspecified atom stereocenters. The highest BCUT2D eigenvalue weighted by molar-refractivity contribution is 6.05. The van der Waals surface area contributed by atoms with Crippen LogP contribution in [0.5, 0.6) is 0 Å². The summed E-state index contributed by atoms with van der Waals surface area (Å²) in [5, 5.41) is 10.6. The van der Waals surface area contributed by atoms with Crippen LogP contribution >= 0.6 is 0 Å². The zero-order valence-electron chi connectivity index (χ0n) is 26.9. The van der Waals surface area contributed by atoms with Crippen molar-refractivity contribution in [3.63, 3.8) is 0 Å². The number of rotatable bonds is 6. The van der Waals surface area contributed by atoms with E-state index in [2.05, 4.69) is 16.0 Å². The molecule has 0 spiro atoms. The summed E-state index contributed by atoms with van der Waals surface area (Å²) in [7, 11) is 0. The van der Waals surface area contributed by atoms with Crippen LogP contribution in [0, 0.1) is 53.3 Å². The van der Waals surface area contributed by atoms with Gasteiger partial charge in [-0.2, -0.15) is 0 Å². The highest BCUT2D eigenvalue weighted by Crippen LogP contribution is 2.58. The molecule has 12 aliphatic rings. The molecule has 0 saturated heterocycles. The predicted molar refractivity (Wildman–Crippen MR) is 172 cm³/mol. The molecule has 1 aromatic carbocycles. The summed E-state index contributed by atoms with van der Waals surface area (Å²) in [5.74, 6) is 6.27.